The normalized spacial score (nSPS) is 13.7. The molecule has 3 aromatic rings. The highest BCUT2D eigenvalue weighted by Gasteiger charge is 2.26. The largest absolute Gasteiger partial charge is 0.334 e. The minimum Gasteiger partial charge on any atom is -0.334 e. The third-order valence-electron chi connectivity index (χ3n) is 4.98. The van der Waals surface area contributed by atoms with Gasteiger partial charge in [-0.2, -0.15) is 0 Å². The van der Waals surface area contributed by atoms with Crippen molar-refractivity contribution in [1.29, 1.82) is 0 Å². The molecule has 1 aromatic heterocycles. The summed E-state index contributed by atoms with van der Waals surface area (Å²) in [6.07, 6.45) is 2.44. The van der Waals surface area contributed by atoms with Crippen molar-refractivity contribution in [3.05, 3.63) is 92.9 Å². The zero-order valence-corrected chi connectivity index (χ0v) is 16.8. The standard InChI is InChI=1S/C23H19FN2O3S/c24-18-8-6-16(7-9-18)19(12-15-4-2-1-3-5-15)23(28)26-11-10-20-17(14-26)13-21(30-20)22(27)25-29/h1-9,12-13,29H,10-11,14H2,(H,25,27)/b19-12+. The summed E-state index contributed by atoms with van der Waals surface area (Å²) in [7, 11) is 0. The Bertz CT molecular complexity index is 1110. The van der Waals surface area contributed by atoms with E-state index in [2.05, 4.69) is 0 Å². The molecule has 152 valence electrons. The average molecular weight is 422 g/mol. The fraction of sp³-hybridized carbons (Fsp3) is 0.130. The van der Waals surface area contributed by atoms with Crippen LogP contribution in [0.15, 0.2) is 60.7 Å². The maximum absolute atomic E-state index is 13.4. The van der Waals surface area contributed by atoms with Gasteiger partial charge in [0.1, 0.15) is 5.82 Å². The predicted molar refractivity (Wildman–Crippen MR) is 113 cm³/mol. The van der Waals surface area contributed by atoms with Crippen LogP contribution in [0.1, 0.15) is 31.2 Å². The summed E-state index contributed by atoms with van der Waals surface area (Å²) in [6, 6.07) is 17.1. The van der Waals surface area contributed by atoms with E-state index in [9.17, 15) is 14.0 Å². The summed E-state index contributed by atoms with van der Waals surface area (Å²) in [6.45, 7) is 0.885. The molecule has 2 heterocycles. The molecule has 0 saturated carbocycles. The molecular weight excluding hydrogens is 403 g/mol. The van der Waals surface area contributed by atoms with Gasteiger partial charge in [-0.3, -0.25) is 14.8 Å². The number of amides is 2. The molecule has 30 heavy (non-hydrogen) atoms. The van der Waals surface area contributed by atoms with Gasteiger partial charge >= 0.3 is 0 Å². The summed E-state index contributed by atoms with van der Waals surface area (Å²) in [5.41, 5.74) is 4.54. The van der Waals surface area contributed by atoms with Crippen molar-refractivity contribution in [3.63, 3.8) is 0 Å². The van der Waals surface area contributed by atoms with E-state index in [0.717, 1.165) is 16.0 Å². The summed E-state index contributed by atoms with van der Waals surface area (Å²) < 4.78 is 13.4. The smallest absolute Gasteiger partial charge is 0.284 e. The second-order valence-corrected chi connectivity index (χ2v) is 8.09. The zero-order chi connectivity index (χ0) is 21.1. The Morgan fingerprint density at radius 1 is 1.10 bits per heavy atom. The number of carbonyl (C=O) groups excluding carboxylic acids is 2. The van der Waals surface area contributed by atoms with E-state index >= 15 is 0 Å². The van der Waals surface area contributed by atoms with Crippen LogP contribution in [0.4, 0.5) is 4.39 Å². The Labute approximate surface area is 177 Å². The molecule has 2 aromatic carbocycles. The molecule has 0 bridgehead atoms. The topological polar surface area (TPSA) is 69.6 Å². The van der Waals surface area contributed by atoms with Crippen LogP contribution in [0, 0.1) is 5.82 Å². The number of carbonyl (C=O) groups is 2. The molecule has 0 unspecified atom stereocenters. The fourth-order valence-corrected chi connectivity index (χ4v) is 4.51. The van der Waals surface area contributed by atoms with Gasteiger partial charge in [-0.25, -0.2) is 9.87 Å². The highest BCUT2D eigenvalue weighted by molar-refractivity contribution is 7.14. The van der Waals surface area contributed by atoms with Crippen molar-refractivity contribution in [2.75, 3.05) is 6.54 Å². The van der Waals surface area contributed by atoms with Gasteiger partial charge in [0, 0.05) is 23.5 Å². The van der Waals surface area contributed by atoms with Crippen molar-refractivity contribution in [1.82, 2.24) is 10.4 Å². The van der Waals surface area contributed by atoms with E-state index < -0.39 is 5.91 Å². The minimum atomic E-state index is -0.553. The highest BCUT2D eigenvalue weighted by atomic mass is 32.1. The highest BCUT2D eigenvalue weighted by Crippen LogP contribution is 2.30. The van der Waals surface area contributed by atoms with Crippen LogP contribution in [0.5, 0.6) is 0 Å². The molecule has 1 aliphatic rings. The van der Waals surface area contributed by atoms with Gasteiger partial charge in [-0.05, 0) is 47.4 Å². The van der Waals surface area contributed by atoms with Crippen LogP contribution >= 0.6 is 11.3 Å². The molecule has 0 atom stereocenters. The van der Waals surface area contributed by atoms with E-state index in [-0.39, 0.29) is 11.7 Å². The van der Waals surface area contributed by atoms with Gasteiger partial charge in [-0.1, -0.05) is 42.5 Å². The number of benzene rings is 2. The number of thiophene rings is 1. The van der Waals surface area contributed by atoms with Crippen molar-refractivity contribution < 1.29 is 19.2 Å². The fourth-order valence-electron chi connectivity index (χ4n) is 3.46. The number of hydrogen-bond acceptors (Lipinski definition) is 4. The third kappa shape index (κ3) is 4.17. The molecular formula is C23H19FN2O3S. The zero-order valence-electron chi connectivity index (χ0n) is 16.0. The molecule has 0 aliphatic carbocycles. The van der Waals surface area contributed by atoms with Gasteiger partial charge in [0.15, 0.2) is 0 Å². The summed E-state index contributed by atoms with van der Waals surface area (Å²) in [5.74, 6) is -1.07. The first-order chi connectivity index (χ1) is 14.5. The SMILES string of the molecule is O=C(NO)c1cc2c(s1)CCN(C(=O)/C(=C/c1ccccc1)c1ccc(F)cc1)C2. The van der Waals surface area contributed by atoms with Gasteiger partial charge in [0.05, 0.1) is 4.88 Å². The number of fused-ring (bicyclic) bond motifs is 1. The lowest BCUT2D eigenvalue weighted by Crippen LogP contribution is -2.35. The van der Waals surface area contributed by atoms with E-state index in [1.54, 1.807) is 28.6 Å². The van der Waals surface area contributed by atoms with E-state index in [1.165, 1.54) is 23.5 Å². The molecule has 5 nitrogen and oxygen atoms in total. The van der Waals surface area contributed by atoms with Crippen LogP contribution < -0.4 is 5.48 Å². The lowest BCUT2D eigenvalue weighted by Gasteiger charge is -2.28. The van der Waals surface area contributed by atoms with Crippen LogP contribution in [0.2, 0.25) is 0 Å². The first-order valence-electron chi connectivity index (χ1n) is 9.43. The summed E-state index contributed by atoms with van der Waals surface area (Å²) in [5, 5.41) is 8.86. The Kier molecular flexibility index (Phi) is 5.74. The Morgan fingerprint density at radius 3 is 2.53 bits per heavy atom. The molecule has 0 spiro atoms. The number of halogens is 1. The summed E-state index contributed by atoms with van der Waals surface area (Å²) in [4.78, 5) is 28.3. The molecule has 0 radical (unpaired) electrons. The van der Waals surface area contributed by atoms with Crippen LogP contribution in [0.3, 0.4) is 0 Å². The van der Waals surface area contributed by atoms with E-state index in [0.29, 0.717) is 35.5 Å². The molecule has 4 rings (SSSR count). The van der Waals surface area contributed by atoms with Gasteiger partial charge < -0.3 is 4.90 Å². The van der Waals surface area contributed by atoms with Crippen LogP contribution in [0.25, 0.3) is 11.6 Å². The maximum Gasteiger partial charge on any atom is 0.284 e. The second-order valence-electron chi connectivity index (χ2n) is 6.95. The molecule has 2 amide bonds. The Hall–Kier alpha value is -3.29. The number of nitrogens with zero attached hydrogens (tertiary/aromatic N) is 1. The number of nitrogens with one attached hydrogen (secondary N) is 1. The lowest BCUT2D eigenvalue weighted by atomic mass is 9.99. The predicted octanol–water partition coefficient (Wildman–Crippen LogP) is 4.13. The van der Waals surface area contributed by atoms with Gasteiger partial charge in [0.2, 0.25) is 0 Å². The molecule has 7 heteroatoms. The number of hydrogen-bond donors (Lipinski definition) is 2. The van der Waals surface area contributed by atoms with Crippen molar-refractivity contribution in [2.45, 2.75) is 13.0 Å². The van der Waals surface area contributed by atoms with Crippen LogP contribution in [-0.2, 0) is 17.8 Å². The van der Waals surface area contributed by atoms with Crippen molar-refractivity contribution >= 4 is 34.8 Å². The quantitative estimate of drug-likeness (QED) is 0.287. The third-order valence-corrected chi connectivity index (χ3v) is 6.21. The number of hydroxylamine groups is 1. The van der Waals surface area contributed by atoms with Gasteiger partial charge in [0.25, 0.3) is 11.8 Å². The lowest BCUT2D eigenvalue weighted by molar-refractivity contribution is -0.125. The monoisotopic (exact) mass is 422 g/mol. The van der Waals surface area contributed by atoms with Crippen LogP contribution in [-0.4, -0.2) is 28.5 Å². The maximum atomic E-state index is 13.4. The first-order valence-corrected chi connectivity index (χ1v) is 10.2. The second kappa shape index (κ2) is 8.61. The number of rotatable bonds is 4. The summed E-state index contributed by atoms with van der Waals surface area (Å²) >= 11 is 1.32. The van der Waals surface area contributed by atoms with E-state index in [1.807, 2.05) is 36.4 Å². The molecule has 0 fully saturated rings. The Morgan fingerprint density at radius 2 is 1.83 bits per heavy atom. The van der Waals surface area contributed by atoms with Crippen molar-refractivity contribution in [2.24, 2.45) is 0 Å². The average Bonchev–Trinajstić information content (AvgIpc) is 3.21. The molecule has 0 saturated heterocycles. The molecule has 2 N–H and O–H groups in total. The van der Waals surface area contributed by atoms with Gasteiger partial charge in [-0.15, -0.1) is 11.3 Å². The first kappa shape index (κ1) is 20.0. The Balaban J connectivity index is 1.65. The van der Waals surface area contributed by atoms with E-state index in [4.69, 9.17) is 5.21 Å². The minimum absolute atomic E-state index is 0.157. The van der Waals surface area contributed by atoms with Crippen molar-refractivity contribution in [3.8, 4) is 0 Å². The molecule has 1 aliphatic heterocycles.